The van der Waals surface area contributed by atoms with E-state index in [0.29, 0.717) is 26.4 Å². The zero-order chi connectivity index (χ0) is 19.2. The lowest BCUT2D eigenvalue weighted by molar-refractivity contribution is -0.918. The van der Waals surface area contributed by atoms with E-state index < -0.39 is 6.10 Å². The highest BCUT2D eigenvalue weighted by molar-refractivity contribution is 5.31. The van der Waals surface area contributed by atoms with Crippen molar-refractivity contribution < 1.29 is 24.2 Å². The average molecular weight is 367 g/mol. The summed E-state index contributed by atoms with van der Waals surface area (Å²) >= 11 is 0. The van der Waals surface area contributed by atoms with Crippen molar-refractivity contribution in [3.8, 4) is 5.75 Å². The number of benzene rings is 1. The van der Waals surface area contributed by atoms with Gasteiger partial charge in [-0.15, -0.1) is 0 Å². The van der Waals surface area contributed by atoms with E-state index >= 15 is 0 Å². The van der Waals surface area contributed by atoms with E-state index in [0.717, 1.165) is 18.8 Å². The molecule has 26 heavy (non-hydrogen) atoms. The maximum Gasteiger partial charge on any atom is 0.126 e. The van der Waals surface area contributed by atoms with E-state index in [-0.39, 0.29) is 17.6 Å². The normalized spacial score (nSPS) is 25.1. The highest BCUT2D eigenvalue weighted by atomic mass is 16.5. The Hall–Kier alpha value is -1.14. The lowest BCUT2D eigenvalue weighted by atomic mass is 9.87. The summed E-state index contributed by atoms with van der Waals surface area (Å²) in [5.74, 6) is 0.850. The average Bonchev–Trinajstić information content (AvgIpc) is 2.53. The van der Waals surface area contributed by atoms with Crippen LogP contribution in [0.3, 0.4) is 0 Å². The molecular formula is C21H36NO4+. The molecule has 5 heteroatoms. The van der Waals surface area contributed by atoms with Gasteiger partial charge in [0.1, 0.15) is 50.3 Å². The molecule has 0 unspecified atom stereocenters. The lowest BCUT2D eigenvalue weighted by Gasteiger charge is -2.33. The van der Waals surface area contributed by atoms with Gasteiger partial charge in [-0.25, -0.2) is 0 Å². The SMILES string of the molecule is C[C@@H]1C[NH+](C[C@H](O)COCCOc2ccc(C(C)(C)C)cc2)C[C@@H](C)O1. The molecule has 0 saturated carbocycles. The van der Waals surface area contributed by atoms with Gasteiger partial charge in [0, 0.05) is 0 Å². The smallest absolute Gasteiger partial charge is 0.126 e. The summed E-state index contributed by atoms with van der Waals surface area (Å²) in [4.78, 5) is 1.38. The van der Waals surface area contributed by atoms with Crippen LogP contribution in [0.4, 0.5) is 0 Å². The summed E-state index contributed by atoms with van der Waals surface area (Å²) in [6, 6.07) is 8.21. The van der Waals surface area contributed by atoms with Crippen molar-refractivity contribution in [3.63, 3.8) is 0 Å². The molecule has 1 saturated heterocycles. The summed E-state index contributed by atoms with van der Waals surface area (Å²) in [6.45, 7) is 14.7. The van der Waals surface area contributed by atoms with Gasteiger partial charge in [0.2, 0.25) is 0 Å². The number of nitrogens with one attached hydrogen (secondary N) is 1. The summed E-state index contributed by atoms with van der Waals surface area (Å²) < 4.78 is 17.0. The number of quaternary nitrogens is 1. The summed E-state index contributed by atoms with van der Waals surface area (Å²) in [5.41, 5.74) is 1.44. The number of hydrogen-bond donors (Lipinski definition) is 2. The molecule has 5 nitrogen and oxygen atoms in total. The molecule has 1 aliphatic heterocycles. The minimum atomic E-state index is -0.450. The molecule has 148 valence electrons. The van der Waals surface area contributed by atoms with Gasteiger partial charge in [0.05, 0.1) is 13.2 Å². The minimum absolute atomic E-state index is 0.149. The van der Waals surface area contributed by atoms with Gasteiger partial charge in [0.25, 0.3) is 0 Å². The third-order valence-electron chi connectivity index (χ3n) is 4.67. The van der Waals surface area contributed by atoms with Crippen LogP contribution in [0, 0.1) is 0 Å². The van der Waals surface area contributed by atoms with Gasteiger partial charge in [-0.3, -0.25) is 0 Å². The highest BCUT2D eigenvalue weighted by Gasteiger charge is 2.27. The number of aliphatic hydroxyl groups is 1. The molecule has 1 fully saturated rings. The first-order valence-electron chi connectivity index (χ1n) is 9.72. The van der Waals surface area contributed by atoms with Crippen LogP contribution in [-0.4, -0.2) is 62.9 Å². The molecule has 0 bridgehead atoms. The van der Waals surface area contributed by atoms with E-state index in [2.05, 4.69) is 46.8 Å². The third-order valence-corrected chi connectivity index (χ3v) is 4.67. The maximum absolute atomic E-state index is 10.2. The van der Waals surface area contributed by atoms with Gasteiger partial charge in [-0.05, 0) is 37.0 Å². The topological polar surface area (TPSA) is 52.4 Å². The lowest BCUT2D eigenvalue weighted by Crippen LogP contribution is -3.16. The molecule has 0 amide bonds. The molecule has 1 aliphatic rings. The molecule has 0 aliphatic carbocycles. The summed E-state index contributed by atoms with van der Waals surface area (Å²) in [7, 11) is 0. The van der Waals surface area contributed by atoms with Crippen molar-refractivity contribution in [2.24, 2.45) is 0 Å². The summed E-state index contributed by atoms with van der Waals surface area (Å²) in [6.07, 6.45) is 0.0495. The van der Waals surface area contributed by atoms with Crippen LogP contribution in [0.2, 0.25) is 0 Å². The second-order valence-corrected chi connectivity index (χ2v) is 8.47. The Kier molecular flexibility index (Phi) is 7.89. The standard InChI is InChI=1S/C21H35NO4/c1-16-12-22(13-17(2)26-16)14-19(23)15-24-10-11-25-20-8-6-18(7-9-20)21(3,4)5/h6-9,16-17,19,23H,10-15H2,1-5H3/p+1/t16-,17-,19+/m1/s1. The van der Waals surface area contributed by atoms with Crippen LogP contribution >= 0.6 is 0 Å². The number of hydrogen-bond acceptors (Lipinski definition) is 4. The van der Waals surface area contributed by atoms with Crippen LogP contribution in [0.15, 0.2) is 24.3 Å². The Balaban J connectivity index is 1.60. The zero-order valence-corrected chi connectivity index (χ0v) is 17.0. The van der Waals surface area contributed by atoms with E-state index in [1.807, 2.05) is 12.1 Å². The van der Waals surface area contributed by atoms with Gasteiger partial charge >= 0.3 is 0 Å². The van der Waals surface area contributed by atoms with Crippen LogP contribution < -0.4 is 9.64 Å². The van der Waals surface area contributed by atoms with Crippen molar-refractivity contribution in [2.45, 2.75) is 58.3 Å². The van der Waals surface area contributed by atoms with Crippen molar-refractivity contribution in [3.05, 3.63) is 29.8 Å². The fourth-order valence-corrected chi connectivity index (χ4v) is 3.44. The first-order valence-corrected chi connectivity index (χ1v) is 9.72. The molecular weight excluding hydrogens is 330 g/mol. The van der Waals surface area contributed by atoms with Crippen LogP contribution in [0.1, 0.15) is 40.2 Å². The molecule has 3 atom stereocenters. The van der Waals surface area contributed by atoms with Gasteiger partial charge < -0.3 is 24.2 Å². The van der Waals surface area contributed by atoms with Crippen LogP contribution in [-0.2, 0) is 14.9 Å². The fraction of sp³-hybridized carbons (Fsp3) is 0.714. The van der Waals surface area contributed by atoms with Crippen molar-refractivity contribution in [2.75, 3.05) is 39.5 Å². The minimum Gasteiger partial charge on any atom is -0.491 e. The first kappa shape index (κ1) is 21.2. The fourth-order valence-electron chi connectivity index (χ4n) is 3.44. The predicted octanol–water partition coefficient (Wildman–Crippen LogP) is 1.43. The second-order valence-electron chi connectivity index (χ2n) is 8.47. The molecule has 1 aromatic carbocycles. The quantitative estimate of drug-likeness (QED) is 0.684. The molecule has 0 spiro atoms. The Morgan fingerprint density at radius 3 is 2.31 bits per heavy atom. The van der Waals surface area contributed by atoms with Gasteiger partial charge in [-0.1, -0.05) is 32.9 Å². The van der Waals surface area contributed by atoms with Crippen molar-refractivity contribution in [1.29, 1.82) is 0 Å². The van der Waals surface area contributed by atoms with Crippen LogP contribution in [0.5, 0.6) is 5.75 Å². The van der Waals surface area contributed by atoms with E-state index in [1.54, 1.807) is 0 Å². The first-order chi connectivity index (χ1) is 12.2. The Bertz CT molecular complexity index is 516. The Morgan fingerprint density at radius 2 is 1.73 bits per heavy atom. The maximum atomic E-state index is 10.2. The van der Waals surface area contributed by atoms with E-state index in [1.165, 1.54) is 10.5 Å². The predicted molar refractivity (Wildman–Crippen MR) is 103 cm³/mol. The number of aliphatic hydroxyl groups excluding tert-OH is 1. The summed E-state index contributed by atoms with van der Waals surface area (Å²) in [5, 5.41) is 10.2. The van der Waals surface area contributed by atoms with Crippen LogP contribution in [0.25, 0.3) is 0 Å². The second kappa shape index (κ2) is 9.70. The molecule has 2 rings (SSSR count). The Morgan fingerprint density at radius 1 is 1.12 bits per heavy atom. The van der Waals surface area contributed by atoms with E-state index in [4.69, 9.17) is 14.2 Å². The van der Waals surface area contributed by atoms with Crippen molar-refractivity contribution >= 4 is 0 Å². The monoisotopic (exact) mass is 366 g/mol. The Labute approximate surface area is 158 Å². The van der Waals surface area contributed by atoms with E-state index in [9.17, 15) is 5.11 Å². The molecule has 0 radical (unpaired) electrons. The third kappa shape index (κ3) is 7.23. The molecule has 1 heterocycles. The van der Waals surface area contributed by atoms with Gasteiger partial charge in [0.15, 0.2) is 0 Å². The number of morpholine rings is 1. The highest BCUT2D eigenvalue weighted by Crippen LogP contribution is 2.24. The molecule has 1 aromatic rings. The number of ether oxygens (including phenoxy) is 3. The zero-order valence-electron chi connectivity index (χ0n) is 17.0. The molecule has 2 N–H and O–H groups in total. The largest absolute Gasteiger partial charge is 0.491 e. The van der Waals surface area contributed by atoms with Gasteiger partial charge in [-0.2, -0.15) is 0 Å². The van der Waals surface area contributed by atoms with Crippen molar-refractivity contribution in [1.82, 2.24) is 0 Å². The molecule has 0 aromatic heterocycles. The number of rotatable bonds is 8.